The minimum Gasteiger partial charge on any atom is -0.312 e. The zero-order valence-electron chi connectivity index (χ0n) is 10.4. The maximum atomic E-state index is 13.8. The lowest BCUT2D eigenvalue weighted by Gasteiger charge is -2.36. The number of rotatable bonds is 3. The number of nitrogens with zero attached hydrogens (tertiary/aromatic N) is 1. The predicted octanol–water partition coefficient (Wildman–Crippen LogP) is 0.990. The van der Waals surface area contributed by atoms with Crippen LogP contribution in [0.2, 0.25) is 0 Å². The van der Waals surface area contributed by atoms with E-state index >= 15 is 0 Å². The van der Waals surface area contributed by atoms with Gasteiger partial charge in [0.25, 0.3) is 0 Å². The first-order valence-corrected chi connectivity index (χ1v) is 6.06. The Balaban J connectivity index is 2.18. The van der Waals surface area contributed by atoms with Crippen molar-refractivity contribution in [3.63, 3.8) is 0 Å². The van der Waals surface area contributed by atoms with Gasteiger partial charge in [0, 0.05) is 31.2 Å². The maximum absolute atomic E-state index is 13.8. The molecule has 1 saturated heterocycles. The van der Waals surface area contributed by atoms with Crippen molar-refractivity contribution in [2.45, 2.75) is 12.1 Å². The van der Waals surface area contributed by atoms with Crippen LogP contribution in [0.15, 0.2) is 24.3 Å². The minimum atomic E-state index is -0.137. The molecule has 1 heterocycles. The van der Waals surface area contributed by atoms with Crippen LogP contribution in [0.4, 0.5) is 4.39 Å². The highest BCUT2D eigenvalue weighted by atomic mass is 19.1. The number of nitrogens with one attached hydrogen (secondary N) is 2. The van der Waals surface area contributed by atoms with E-state index in [1.54, 1.807) is 6.07 Å². The summed E-state index contributed by atoms with van der Waals surface area (Å²) >= 11 is 0. The van der Waals surface area contributed by atoms with E-state index in [-0.39, 0.29) is 17.9 Å². The van der Waals surface area contributed by atoms with Crippen LogP contribution in [-0.2, 0) is 0 Å². The van der Waals surface area contributed by atoms with Gasteiger partial charge in [-0.2, -0.15) is 0 Å². The van der Waals surface area contributed by atoms with Gasteiger partial charge in [-0.1, -0.05) is 18.2 Å². The highest BCUT2D eigenvalue weighted by Crippen LogP contribution is 2.21. The van der Waals surface area contributed by atoms with Crippen molar-refractivity contribution in [1.82, 2.24) is 15.5 Å². The van der Waals surface area contributed by atoms with Crippen LogP contribution in [0.5, 0.6) is 0 Å². The average molecular weight is 237 g/mol. The molecule has 94 valence electrons. The number of hydrogen-bond acceptors (Lipinski definition) is 3. The van der Waals surface area contributed by atoms with Gasteiger partial charge in [0.05, 0.1) is 6.04 Å². The molecular formula is C13H20FN3. The molecule has 0 bridgehead atoms. The van der Waals surface area contributed by atoms with Crippen LogP contribution in [-0.4, -0.2) is 44.7 Å². The van der Waals surface area contributed by atoms with Gasteiger partial charge in [0.15, 0.2) is 0 Å². The molecule has 2 atom stereocenters. The highest BCUT2D eigenvalue weighted by Gasteiger charge is 2.27. The summed E-state index contributed by atoms with van der Waals surface area (Å²) in [6.07, 6.45) is 0. The van der Waals surface area contributed by atoms with Gasteiger partial charge in [-0.3, -0.25) is 0 Å². The lowest BCUT2D eigenvalue weighted by Crippen LogP contribution is -2.54. The topological polar surface area (TPSA) is 27.3 Å². The van der Waals surface area contributed by atoms with Crippen LogP contribution in [0, 0.1) is 5.82 Å². The number of piperazine rings is 1. The Morgan fingerprint density at radius 1 is 1.47 bits per heavy atom. The molecule has 1 fully saturated rings. The quantitative estimate of drug-likeness (QED) is 0.821. The summed E-state index contributed by atoms with van der Waals surface area (Å²) in [5.41, 5.74) is 0.739. The number of likely N-dealkylation sites (N-methyl/N-ethyl adjacent to an activating group) is 2. The zero-order chi connectivity index (χ0) is 12.3. The molecule has 0 aromatic heterocycles. The summed E-state index contributed by atoms with van der Waals surface area (Å²) in [6, 6.07) is 7.25. The minimum absolute atomic E-state index is 0.0129. The van der Waals surface area contributed by atoms with Gasteiger partial charge in [0.2, 0.25) is 0 Å². The summed E-state index contributed by atoms with van der Waals surface area (Å²) in [7, 11) is 3.98. The molecule has 0 amide bonds. The van der Waals surface area contributed by atoms with E-state index < -0.39 is 0 Å². The second kappa shape index (κ2) is 5.58. The Labute approximate surface area is 102 Å². The molecule has 3 nitrogen and oxygen atoms in total. The van der Waals surface area contributed by atoms with Crippen LogP contribution < -0.4 is 10.6 Å². The molecule has 0 aliphatic carbocycles. The third-order valence-electron chi connectivity index (χ3n) is 3.36. The fourth-order valence-corrected chi connectivity index (χ4v) is 2.46. The normalized spacial score (nSPS) is 23.6. The lowest BCUT2D eigenvalue weighted by atomic mass is 9.97. The van der Waals surface area contributed by atoms with Gasteiger partial charge >= 0.3 is 0 Å². The average Bonchev–Trinajstić information content (AvgIpc) is 2.33. The summed E-state index contributed by atoms with van der Waals surface area (Å²) in [4.78, 5) is 2.27. The monoisotopic (exact) mass is 237 g/mol. The summed E-state index contributed by atoms with van der Waals surface area (Å²) in [5.74, 6) is -0.137. The number of hydrogen-bond donors (Lipinski definition) is 2. The standard InChI is InChI=1S/C13H20FN3/c1-15-13(10-5-3-4-6-11(10)14)12-9-17(2)8-7-16-12/h3-6,12-13,15-16H,7-9H2,1-2H3. The van der Waals surface area contributed by atoms with Gasteiger partial charge in [0.1, 0.15) is 5.82 Å². The van der Waals surface area contributed by atoms with Crippen LogP contribution in [0.1, 0.15) is 11.6 Å². The van der Waals surface area contributed by atoms with Gasteiger partial charge in [-0.15, -0.1) is 0 Å². The molecule has 17 heavy (non-hydrogen) atoms. The van der Waals surface area contributed by atoms with E-state index in [0.717, 1.165) is 25.2 Å². The van der Waals surface area contributed by atoms with Crippen LogP contribution in [0.3, 0.4) is 0 Å². The smallest absolute Gasteiger partial charge is 0.128 e. The van der Waals surface area contributed by atoms with Gasteiger partial charge in [-0.25, -0.2) is 4.39 Å². The third kappa shape index (κ3) is 2.83. The molecule has 1 aliphatic heterocycles. The molecule has 0 radical (unpaired) electrons. The lowest BCUT2D eigenvalue weighted by molar-refractivity contribution is 0.208. The van der Waals surface area contributed by atoms with E-state index in [2.05, 4.69) is 22.6 Å². The van der Waals surface area contributed by atoms with Crippen molar-refractivity contribution in [2.75, 3.05) is 33.7 Å². The fraction of sp³-hybridized carbons (Fsp3) is 0.538. The summed E-state index contributed by atoms with van der Waals surface area (Å²) < 4.78 is 13.8. The molecule has 0 spiro atoms. The first-order valence-electron chi connectivity index (χ1n) is 6.06. The Hall–Kier alpha value is -0.970. The Kier molecular flexibility index (Phi) is 4.10. The highest BCUT2D eigenvalue weighted by molar-refractivity contribution is 5.23. The molecule has 0 saturated carbocycles. The Morgan fingerprint density at radius 3 is 2.88 bits per heavy atom. The molecule has 4 heteroatoms. The van der Waals surface area contributed by atoms with Gasteiger partial charge < -0.3 is 15.5 Å². The van der Waals surface area contributed by atoms with Crippen LogP contribution >= 0.6 is 0 Å². The number of halogens is 1. The van der Waals surface area contributed by atoms with Crippen molar-refractivity contribution >= 4 is 0 Å². The fourth-order valence-electron chi connectivity index (χ4n) is 2.46. The van der Waals surface area contributed by atoms with Crippen molar-refractivity contribution in [1.29, 1.82) is 0 Å². The van der Waals surface area contributed by atoms with Crippen molar-refractivity contribution in [3.05, 3.63) is 35.6 Å². The molecule has 1 aliphatic rings. The SMILES string of the molecule is CNC(c1ccccc1F)C1CN(C)CCN1. The largest absolute Gasteiger partial charge is 0.312 e. The molecule has 1 aromatic rings. The first-order chi connectivity index (χ1) is 8.22. The van der Waals surface area contributed by atoms with Crippen molar-refractivity contribution in [3.8, 4) is 0 Å². The van der Waals surface area contributed by atoms with E-state index in [0.29, 0.717) is 0 Å². The van der Waals surface area contributed by atoms with Crippen LogP contribution in [0.25, 0.3) is 0 Å². The predicted molar refractivity (Wildman–Crippen MR) is 67.5 cm³/mol. The Morgan fingerprint density at radius 2 is 2.24 bits per heavy atom. The molecule has 2 N–H and O–H groups in total. The van der Waals surface area contributed by atoms with Crippen molar-refractivity contribution in [2.24, 2.45) is 0 Å². The third-order valence-corrected chi connectivity index (χ3v) is 3.36. The zero-order valence-corrected chi connectivity index (χ0v) is 10.4. The first kappa shape index (κ1) is 12.5. The second-order valence-corrected chi connectivity index (χ2v) is 4.61. The van der Waals surface area contributed by atoms with E-state index in [1.165, 1.54) is 6.07 Å². The molecular weight excluding hydrogens is 217 g/mol. The summed E-state index contributed by atoms with van der Waals surface area (Å²) in [6.45, 7) is 2.93. The van der Waals surface area contributed by atoms with E-state index in [4.69, 9.17) is 0 Å². The second-order valence-electron chi connectivity index (χ2n) is 4.61. The van der Waals surface area contributed by atoms with E-state index in [9.17, 15) is 4.39 Å². The van der Waals surface area contributed by atoms with Crippen molar-refractivity contribution < 1.29 is 4.39 Å². The number of benzene rings is 1. The Bertz CT molecular complexity index is 369. The molecule has 2 unspecified atom stereocenters. The molecule has 1 aromatic carbocycles. The summed E-state index contributed by atoms with van der Waals surface area (Å²) in [5, 5.41) is 6.68. The van der Waals surface area contributed by atoms with E-state index in [1.807, 2.05) is 19.2 Å². The van der Waals surface area contributed by atoms with Gasteiger partial charge in [-0.05, 0) is 20.2 Å². The molecule has 2 rings (SSSR count). The maximum Gasteiger partial charge on any atom is 0.128 e.